The zero-order valence-corrected chi connectivity index (χ0v) is 19.5. The Kier molecular flexibility index (Phi) is 7.50. The fourth-order valence-electron chi connectivity index (χ4n) is 4.89. The number of hydrogen-bond acceptors (Lipinski definition) is 4. The second-order valence-electron chi connectivity index (χ2n) is 9.26. The van der Waals surface area contributed by atoms with Crippen molar-refractivity contribution in [3.8, 4) is 11.1 Å². The number of benzene rings is 2. The molecular formula is C27H32N2O5. The van der Waals surface area contributed by atoms with Crippen LogP contribution in [0.15, 0.2) is 48.5 Å². The monoisotopic (exact) mass is 464 g/mol. The molecule has 0 bridgehead atoms. The summed E-state index contributed by atoms with van der Waals surface area (Å²) in [6.45, 7) is 2.47. The van der Waals surface area contributed by atoms with Crippen molar-refractivity contribution in [2.75, 3.05) is 13.2 Å². The lowest BCUT2D eigenvalue weighted by Gasteiger charge is -2.31. The second kappa shape index (κ2) is 10.7. The maximum atomic E-state index is 12.4. The van der Waals surface area contributed by atoms with Crippen LogP contribution in [-0.2, 0) is 14.3 Å². The number of rotatable bonds is 10. The lowest BCUT2D eigenvalue weighted by Crippen LogP contribution is -2.48. The van der Waals surface area contributed by atoms with E-state index in [1.807, 2.05) is 31.2 Å². The van der Waals surface area contributed by atoms with Crippen LogP contribution in [-0.4, -0.2) is 42.3 Å². The first-order valence-electron chi connectivity index (χ1n) is 12.1. The van der Waals surface area contributed by atoms with Gasteiger partial charge in [0.05, 0.1) is 0 Å². The normalized spacial score (nSPS) is 16.5. The smallest absolute Gasteiger partial charge is 0.407 e. The summed E-state index contributed by atoms with van der Waals surface area (Å²) in [5, 5.41) is 14.9. The zero-order chi connectivity index (χ0) is 24.1. The Balaban J connectivity index is 1.26. The lowest BCUT2D eigenvalue weighted by molar-refractivity contribution is -0.144. The molecule has 2 aromatic carbocycles. The Labute approximate surface area is 199 Å². The van der Waals surface area contributed by atoms with Gasteiger partial charge in [0.1, 0.15) is 12.6 Å². The number of carboxylic acids is 1. The van der Waals surface area contributed by atoms with E-state index in [4.69, 9.17) is 4.74 Å². The van der Waals surface area contributed by atoms with Crippen LogP contribution in [0, 0.1) is 11.8 Å². The van der Waals surface area contributed by atoms with Crippen LogP contribution >= 0.6 is 0 Å². The summed E-state index contributed by atoms with van der Waals surface area (Å²) in [6, 6.07) is 15.5. The summed E-state index contributed by atoms with van der Waals surface area (Å²) in [6.07, 6.45) is 3.00. The molecule has 180 valence electrons. The van der Waals surface area contributed by atoms with Gasteiger partial charge in [-0.15, -0.1) is 0 Å². The van der Waals surface area contributed by atoms with Crippen molar-refractivity contribution in [2.45, 2.75) is 51.0 Å². The Hall–Kier alpha value is -3.35. The molecule has 0 saturated heterocycles. The number of ether oxygens (including phenoxy) is 1. The van der Waals surface area contributed by atoms with Crippen molar-refractivity contribution in [1.29, 1.82) is 0 Å². The van der Waals surface area contributed by atoms with Crippen LogP contribution in [0.1, 0.15) is 56.1 Å². The van der Waals surface area contributed by atoms with E-state index in [9.17, 15) is 19.5 Å². The summed E-state index contributed by atoms with van der Waals surface area (Å²) >= 11 is 0. The highest BCUT2D eigenvalue weighted by Gasteiger charge is 2.34. The molecule has 2 aromatic rings. The molecule has 1 fully saturated rings. The molecule has 2 amide bonds. The van der Waals surface area contributed by atoms with Gasteiger partial charge in [0.25, 0.3) is 0 Å². The molecule has 0 aliphatic heterocycles. The molecule has 2 aliphatic carbocycles. The molecule has 3 N–H and O–H groups in total. The molecule has 2 atom stereocenters. The van der Waals surface area contributed by atoms with Gasteiger partial charge >= 0.3 is 12.1 Å². The van der Waals surface area contributed by atoms with Crippen molar-refractivity contribution >= 4 is 18.0 Å². The van der Waals surface area contributed by atoms with E-state index in [-0.39, 0.29) is 36.7 Å². The number of amides is 2. The number of alkyl carbamates (subject to hydrolysis) is 1. The first-order valence-corrected chi connectivity index (χ1v) is 12.1. The number of carbonyl (C=O) groups is 3. The van der Waals surface area contributed by atoms with E-state index in [2.05, 4.69) is 34.9 Å². The van der Waals surface area contributed by atoms with Crippen LogP contribution in [0.4, 0.5) is 4.79 Å². The summed E-state index contributed by atoms with van der Waals surface area (Å²) in [5.41, 5.74) is 4.65. The fraction of sp³-hybridized carbons (Fsp3) is 0.444. The Morgan fingerprint density at radius 2 is 1.65 bits per heavy atom. The third-order valence-electron chi connectivity index (χ3n) is 7.13. The van der Waals surface area contributed by atoms with Crippen molar-refractivity contribution in [1.82, 2.24) is 10.6 Å². The molecule has 0 aromatic heterocycles. The predicted octanol–water partition coefficient (Wildman–Crippen LogP) is 4.31. The largest absolute Gasteiger partial charge is 0.480 e. The van der Waals surface area contributed by atoms with E-state index < -0.39 is 18.1 Å². The molecule has 0 spiro atoms. The number of carboxylic acid groups (broad SMARTS) is 1. The van der Waals surface area contributed by atoms with E-state index in [1.165, 1.54) is 11.1 Å². The Bertz CT molecular complexity index is 1000. The molecule has 0 radical (unpaired) electrons. The van der Waals surface area contributed by atoms with E-state index in [0.717, 1.165) is 30.4 Å². The molecule has 2 aliphatic rings. The topological polar surface area (TPSA) is 105 Å². The van der Waals surface area contributed by atoms with Crippen molar-refractivity contribution in [3.63, 3.8) is 0 Å². The number of fused-ring (bicyclic) bond motifs is 3. The third-order valence-corrected chi connectivity index (χ3v) is 7.13. The molecular weight excluding hydrogens is 432 g/mol. The van der Waals surface area contributed by atoms with Gasteiger partial charge in [0.2, 0.25) is 5.91 Å². The van der Waals surface area contributed by atoms with Gasteiger partial charge in [0.15, 0.2) is 0 Å². The number of aliphatic carboxylic acids is 1. The van der Waals surface area contributed by atoms with Crippen LogP contribution in [0.25, 0.3) is 11.1 Å². The highest BCUT2D eigenvalue weighted by molar-refractivity contribution is 5.84. The Morgan fingerprint density at radius 3 is 2.18 bits per heavy atom. The van der Waals surface area contributed by atoms with Gasteiger partial charge in [-0.25, -0.2) is 9.59 Å². The summed E-state index contributed by atoms with van der Waals surface area (Å²) < 4.78 is 5.56. The first kappa shape index (κ1) is 23.8. The maximum Gasteiger partial charge on any atom is 0.407 e. The minimum atomic E-state index is -0.983. The number of hydrogen-bond donors (Lipinski definition) is 3. The standard InChI is InChI=1S/C27H32N2O5/c1-2-17(14-24(30)29-25(26(31)32)18-8-7-9-18)15-28-27(33)34-16-23-21-12-5-3-10-19(21)20-11-4-6-13-22(20)23/h3-6,10-13,17-18,23,25H,2,7-9,14-16H2,1H3,(H,28,33)(H,29,30)(H,31,32). The van der Waals surface area contributed by atoms with Crippen molar-refractivity contribution in [3.05, 3.63) is 59.7 Å². The molecule has 1 saturated carbocycles. The SMILES string of the molecule is CCC(CNC(=O)OCC1c2ccccc2-c2ccccc21)CC(=O)NC(C(=O)O)C1CCC1. The number of carbonyl (C=O) groups excluding carboxylic acids is 2. The van der Waals surface area contributed by atoms with Gasteiger partial charge in [-0.1, -0.05) is 68.3 Å². The minimum Gasteiger partial charge on any atom is -0.480 e. The van der Waals surface area contributed by atoms with Crippen LogP contribution in [0.2, 0.25) is 0 Å². The maximum absolute atomic E-state index is 12.4. The summed E-state index contributed by atoms with van der Waals surface area (Å²) in [5.74, 6) is -1.37. The van der Waals surface area contributed by atoms with Crippen LogP contribution < -0.4 is 10.6 Å². The molecule has 0 heterocycles. The van der Waals surface area contributed by atoms with Crippen LogP contribution in [0.3, 0.4) is 0 Å². The van der Waals surface area contributed by atoms with Crippen LogP contribution in [0.5, 0.6) is 0 Å². The summed E-state index contributed by atoms with van der Waals surface area (Å²) in [7, 11) is 0. The van der Waals surface area contributed by atoms with Gasteiger partial charge in [-0.2, -0.15) is 0 Å². The second-order valence-corrected chi connectivity index (χ2v) is 9.26. The molecule has 34 heavy (non-hydrogen) atoms. The van der Waals surface area contributed by atoms with Gasteiger partial charge in [0, 0.05) is 18.9 Å². The van der Waals surface area contributed by atoms with Crippen molar-refractivity contribution < 1.29 is 24.2 Å². The van der Waals surface area contributed by atoms with Gasteiger partial charge in [-0.3, -0.25) is 4.79 Å². The van der Waals surface area contributed by atoms with E-state index >= 15 is 0 Å². The average Bonchev–Trinajstić information content (AvgIpc) is 3.12. The van der Waals surface area contributed by atoms with Gasteiger partial charge in [-0.05, 0) is 46.9 Å². The zero-order valence-electron chi connectivity index (χ0n) is 19.5. The number of nitrogens with one attached hydrogen (secondary N) is 2. The van der Waals surface area contributed by atoms with Crippen molar-refractivity contribution in [2.24, 2.45) is 11.8 Å². The quantitative estimate of drug-likeness (QED) is 0.486. The minimum absolute atomic E-state index is 0.00893. The molecule has 4 rings (SSSR count). The van der Waals surface area contributed by atoms with E-state index in [0.29, 0.717) is 13.0 Å². The predicted molar refractivity (Wildman–Crippen MR) is 128 cm³/mol. The average molecular weight is 465 g/mol. The van der Waals surface area contributed by atoms with E-state index in [1.54, 1.807) is 0 Å². The van der Waals surface area contributed by atoms with Gasteiger partial charge < -0.3 is 20.5 Å². The lowest BCUT2D eigenvalue weighted by atomic mass is 9.79. The molecule has 7 nitrogen and oxygen atoms in total. The highest BCUT2D eigenvalue weighted by atomic mass is 16.5. The Morgan fingerprint density at radius 1 is 1.03 bits per heavy atom. The third kappa shape index (κ3) is 5.24. The molecule has 7 heteroatoms. The molecule has 2 unspecified atom stereocenters. The fourth-order valence-corrected chi connectivity index (χ4v) is 4.89. The first-order chi connectivity index (χ1) is 16.5. The highest BCUT2D eigenvalue weighted by Crippen LogP contribution is 2.44. The summed E-state index contributed by atoms with van der Waals surface area (Å²) in [4.78, 5) is 36.3.